The van der Waals surface area contributed by atoms with Gasteiger partial charge in [-0.1, -0.05) is 0 Å². The fourth-order valence-corrected chi connectivity index (χ4v) is 4.19. The summed E-state index contributed by atoms with van der Waals surface area (Å²) < 4.78 is 0. The van der Waals surface area contributed by atoms with Crippen molar-refractivity contribution >= 4 is 30.0 Å². The van der Waals surface area contributed by atoms with E-state index in [0.29, 0.717) is 17.2 Å². The number of nitrogens with zero attached hydrogens (tertiary/aromatic N) is 2. The van der Waals surface area contributed by atoms with Gasteiger partial charge in [0, 0.05) is 16.6 Å². The lowest BCUT2D eigenvalue weighted by Gasteiger charge is -2.46. The predicted octanol–water partition coefficient (Wildman–Crippen LogP) is -1.17. The summed E-state index contributed by atoms with van der Waals surface area (Å²) in [5.74, 6) is -2.29. The van der Waals surface area contributed by atoms with Crippen molar-refractivity contribution in [1.29, 1.82) is 0 Å². The molecule has 0 aromatic carbocycles. The number of carbonyl (C=O) groups is 2. The molecule has 0 aromatic heterocycles. The maximum absolute atomic E-state index is 12.1. The topological polar surface area (TPSA) is 136 Å². The third-order valence-corrected chi connectivity index (χ3v) is 5.11. The molecular weight excluding hydrogens is 310 g/mol. The minimum absolute atomic E-state index is 0.0901. The van der Waals surface area contributed by atoms with Gasteiger partial charge in [-0.05, 0) is 6.92 Å². The minimum Gasteiger partial charge on any atom is -0.477 e. The Morgan fingerprint density at radius 3 is 2.77 bits per heavy atom. The highest BCUT2D eigenvalue weighted by molar-refractivity contribution is 8.03. The zero-order valence-electron chi connectivity index (χ0n) is 12.0. The SMILES string of the molecule is CC(O)C1C(=O)N2C(C(=O)O)=C(SCCN=CN)C(CO)C12. The Morgan fingerprint density at radius 1 is 1.59 bits per heavy atom. The minimum atomic E-state index is -1.21. The van der Waals surface area contributed by atoms with Crippen LogP contribution in [0.2, 0.25) is 0 Å². The van der Waals surface area contributed by atoms with Crippen molar-refractivity contribution in [3.63, 3.8) is 0 Å². The third kappa shape index (κ3) is 2.59. The highest BCUT2D eigenvalue weighted by Gasteiger charge is 2.60. The lowest BCUT2D eigenvalue weighted by atomic mass is 9.79. The fraction of sp³-hybridized carbons (Fsp3) is 0.615. The molecule has 1 fully saturated rings. The summed E-state index contributed by atoms with van der Waals surface area (Å²) >= 11 is 1.25. The average molecular weight is 329 g/mol. The number of thioether (sulfide) groups is 1. The van der Waals surface area contributed by atoms with Crippen LogP contribution >= 0.6 is 11.8 Å². The van der Waals surface area contributed by atoms with Crippen LogP contribution in [0, 0.1) is 11.8 Å². The first kappa shape index (κ1) is 16.8. The van der Waals surface area contributed by atoms with Gasteiger partial charge in [0.05, 0.1) is 37.6 Å². The van der Waals surface area contributed by atoms with E-state index in [9.17, 15) is 24.9 Å². The first-order chi connectivity index (χ1) is 10.5. The maximum atomic E-state index is 12.1. The van der Waals surface area contributed by atoms with Crippen molar-refractivity contribution in [2.24, 2.45) is 22.6 Å². The standard InChI is InChI=1S/C13H19N3O5S/c1-6(18)8-9-7(4-17)11(22-3-2-15-5-14)10(13(20)21)16(9)12(8)19/h5-9,17-18H,2-4H2,1H3,(H2,14,15)(H,20,21). The molecule has 4 unspecified atom stereocenters. The Bertz CT molecular complexity index is 534. The van der Waals surface area contributed by atoms with Gasteiger partial charge in [-0.2, -0.15) is 0 Å². The average Bonchev–Trinajstić information content (AvgIpc) is 2.73. The molecule has 4 atom stereocenters. The summed E-state index contributed by atoms with van der Waals surface area (Å²) in [5, 5.41) is 28.8. The van der Waals surface area contributed by atoms with Crippen molar-refractivity contribution in [1.82, 2.24) is 4.90 Å². The van der Waals surface area contributed by atoms with E-state index in [1.165, 1.54) is 29.9 Å². The van der Waals surface area contributed by atoms with Crippen molar-refractivity contribution in [2.45, 2.75) is 19.1 Å². The van der Waals surface area contributed by atoms with E-state index in [-0.39, 0.29) is 12.3 Å². The number of carboxylic acid groups (broad SMARTS) is 1. The number of fused-ring (bicyclic) bond motifs is 1. The van der Waals surface area contributed by atoms with E-state index in [2.05, 4.69) is 4.99 Å². The number of nitrogens with two attached hydrogens (primary N) is 1. The monoisotopic (exact) mass is 329 g/mol. The number of carboxylic acids is 1. The third-order valence-electron chi connectivity index (χ3n) is 3.91. The van der Waals surface area contributed by atoms with E-state index in [1.54, 1.807) is 0 Å². The summed E-state index contributed by atoms with van der Waals surface area (Å²) in [4.78, 5) is 29.1. The number of β-lactam (4-membered cyclic amide) rings is 1. The maximum Gasteiger partial charge on any atom is 0.353 e. The van der Waals surface area contributed by atoms with Crippen LogP contribution in [-0.2, 0) is 9.59 Å². The van der Waals surface area contributed by atoms with Crippen LogP contribution in [0.3, 0.4) is 0 Å². The van der Waals surface area contributed by atoms with Crippen LogP contribution in [0.15, 0.2) is 15.6 Å². The highest BCUT2D eigenvalue weighted by atomic mass is 32.2. The lowest BCUT2D eigenvalue weighted by molar-refractivity contribution is -0.164. The normalized spacial score (nSPS) is 29.0. The number of amides is 1. The first-order valence-corrected chi connectivity index (χ1v) is 7.86. The molecule has 2 heterocycles. The highest BCUT2D eigenvalue weighted by Crippen LogP contribution is 2.50. The van der Waals surface area contributed by atoms with Crippen LogP contribution in [0.25, 0.3) is 0 Å². The molecule has 2 aliphatic heterocycles. The first-order valence-electron chi connectivity index (χ1n) is 6.88. The van der Waals surface area contributed by atoms with Gasteiger partial charge in [0.2, 0.25) is 5.91 Å². The molecular formula is C13H19N3O5S. The molecule has 0 bridgehead atoms. The molecule has 1 saturated heterocycles. The molecule has 1 amide bonds. The number of carbonyl (C=O) groups excluding carboxylic acids is 1. The second kappa shape index (κ2) is 6.67. The molecule has 22 heavy (non-hydrogen) atoms. The molecule has 0 radical (unpaired) electrons. The lowest BCUT2D eigenvalue weighted by Crippen LogP contribution is -2.64. The van der Waals surface area contributed by atoms with Crippen molar-refractivity contribution in [3.8, 4) is 0 Å². The van der Waals surface area contributed by atoms with Crippen LogP contribution in [-0.4, -0.2) is 69.5 Å². The Morgan fingerprint density at radius 2 is 2.27 bits per heavy atom. The number of aliphatic carboxylic acids is 1. The van der Waals surface area contributed by atoms with Gasteiger partial charge in [-0.15, -0.1) is 11.8 Å². The van der Waals surface area contributed by atoms with E-state index in [1.807, 2.05) is 0 Å². The van der Waals surface area contributed by atoms with Crippen LogP contribution < -0.4 is 5.73 Å². The summed E-state index contributed by atoms with van der Waals surface area (Å²) in [6, 6.07) is -0.496. The number of aliphatic hydroxyl groups is 2. The van der Waals surface area contributed by atoms with Gasteiger partial charge in [0.15, 0.2) is 0 Å². The molecule has 9 heteroatoms. The van der Waals surface area contributed by atoms with E-state index >= 15 is 0 Å². The molecule has 122 valence electrons. The van der Waals surface area contributed by atoms with Gasteiger partial charge in [-0.25, -0.2) is 4.79 Å². The van der Waals surface area contributed by atoms with Crippen molar-refractivity contribution in [2.75, 3.05) is 18.9 Å². The predicted molar refractivity (Wildman–Crippen MR) is 81.0 cm³/mol. The molecule has 2 aliphatic rings. The number of aliphatic hydroxyl groups excluding tert-OH is 2. The Kier molecular flexibility index (Phi) is 5.09. The summed E-state index contributed by atoms with van der Waals surface area (Å²) in [5.41, 5.74) is 5.06. The summed E-state index contributed by atoms with van der Waals surface area (Å²) in [6.45, 7) is 1.63. The van der Waals surface area contributed by atoms with Crippen molar-refractivity contribution in [3.05, 3.63) is 10.6 Å². The largest absolute Gasteiger partial charge is 0.477 e. The molecule has 0 aromatic rings. The Balaban J connectivity index is 2.27. The zero-order chi connectivity index (χ0) is 16.4. The molecule has 8 nitrogen and oxygen atoms in total. The number of aliphatic imine (C=N–C) groups is 1. The molecule has 0 aliphatic carbocycles. The number of hydrogen-bond acceptors (Lipinski definition) is 6. The van der Waals surface area contributed by atoms with Gasteiger partial charge < -0.3 is 26.0 Å². The quantitative estimate of drug-likeness (QED) is 0.200. The number of hydrogen-bond donors (Lipinski definition) is 4. The van der Waals surface area contributed by atoms with E-state index in [0.717, 1.165) is 0 Å². The molecule has 2 rings (SSSR count). The summed E-state index contributed by atoms with van der Waals surface area (Å²) in [7, 11) is 0. The van der Waals surface area contributed by atoms with Gasteiger partial charge in [0.25, 0.3) is 0 Å². The van der Waals surface area contributed by atoms with Crippen LogP contribution in [0.4, 0.5) is 0 Å². The zero-order valence-corrected chi connectivity index (χ0v) is 12.9. The summed E-state index contributed by atoms with van der Waals surface area (Å²) in [6.07, 6.45) is 0.287. The molecule has 5 N–H and O–H groups in total. The van der Waals surface area contributed by atoms with Crippen LogP contribution in [0.1, 0.15) is 6.92 Å². The smallest absolute Gasteiger partial charge is 0.353 e. The van der Waals surface area contributed by atoms with Gasteiger partial charge >= 0.3 is 5.97 Å². The molecule has 0 spiro atoms. The van der Waals surface area contributed by atoms with E-state index in [4.69, 9.17) is 5.73 Å². The molecule has 0 saturated carbocycles. The number of rotatable bonds is 7. The van der Waals surface area contributed by atoms with E-state index < -0.39 is 35.9 Å². The van der Waals surface area contributed by atoms with Crippen molar-refractivity contribution < 1.29 is 24.9 Å². The van der Waals surface area contributed by atoms with Gasteiger partial charge in [-0.3, -0.25) is 9.79 Å². The fourth-order valence-electron chi connectivity index (χ4n) is 3.02. The second-order valence-corrected chi connectivity index (χ2v) is 6.31. The Labute approximate surface area is 131 Å². The Hall–Kier alpha value is -1.58. The van der Waals surface area contributed by atoms with Gasteiger partial charge in [0.1, 0.15) is 5.70 Å². The van der Waals surface area contributed by atoms with Crippen LogP contribution in [0.5, 0.6) is 0 Å². The second-order valence-electron chi connectivity index (χ2n) is 5.18.